The summed E-state index contributed by atoms with van der Waals surface area (Å²) in [5.74, 6) is 2.06. The molecule has 0 spiro atoms. The largest absolute Gasteiger partial charge is 0.361 e. The minimum atomic E-state index is 0.462. The topological polar surface area (TPSA) is 78.2 Å². The van der Waals surface area contributed by atoms with E-state index in [1.807, 2.05) is 6.07 Å². The first-order valence-electron chi connectivity index (χ1n) is 10.3. The van der Waals surface area contributed by atoms with Crippen molar-refractivity contribution in [2.24, 2.45) is 4.99 Å². The molecule has 3 rings (SSSR count). The smallest absolute Gasteiger partial charge is 0.191 e. The Morgan fingerprint density at radius 3 is 2.79 bits per heavy atom. The summed E-state index contributed by atoms with van der Waals surface area (Å²) in [6.45, 7) is 8.53. The van der Waals surface area contributed by atoms with Crippen molar-refractivity contribution in [2.75, 3.05) is 13.1 Å². The van der Waals surface area contributed by atoms with E-state index in [-0.39, 0.29) is 0 Å². The van der Waals surface area contributed by atoms with Crippen molar-refractivity contribution in [3.05, 3.63) is 53.5 Å². The number of aliphatic imine (C=N–C) groups is 1. The third-order valence-corrected chi connectivity index (χ3v) is 5.08. The van der Waals surface area contributed by atoms with Crippen LogP contribution < -0.4 is 10.6 Å². The third-order valence-electron chi connectivity index (χ3n) is 5.08. The molecular formula is C22H31N5O. The van der Waals surface area contributed by atoms with Gasteiger partial charge >= 0.3 is 0 Å². The number of guanidine groups is 1. The van der Waals surface area contributed by atoms with Gasteiger partial charge in [-0.05, 0) is 37.8 Å². The average molecular weight is 382 g/mol. The lowest BCUT2D eigenvalue weighted by molar-refractivity contribution is 0.372. The molecule has 150 valence electrons. The van der Waals surface area contributed by atoms with Crippen LogP contribution in [0.15, 0.2) is 46.0 Å². The SMILES string of the molecule is CCNC(=NCc1cc(C(CC)CC)no1)NCCc1c[nH]c2ccccc12. The molecule has 0 saturated heterocycles. The number of hydrogen-bond acceptors (Lipinski definition) is 3. The summed E-state index contributed by atoms with van der Waals surface area (Å²) in [6, 6.07) is 10.4. The molecule has 3 aromatic rings. The fourth-order valence-corrected chi connectivity index (χ4v) is 3.46. The monoisotopic (exact) mass is 381 g/mol. The standard InChI is InChI=1S/C22H31N5O/c1-4-16(5-2)21-13-18(28-27-21)15-26-22(23-6-3)24-12-11-17-14-25-20-10-8-7-9-19(17)20/h7-10,13-14,16,25H,4-6,11-12,15H2,1-3H3,(H2,23,24,26). The van der Waals surface area contributed by atoms with E-state index in [1.54, 1.807) is 0 Å². The van der Waals surface area contributed by atoms with Gasteiger partial charge in [0.25, 0.3) is 0 Å². The summed E-state index contributed by atoms with van der Waals surface area (Å²) in [7, 11) is 0. The normalized spacial score (nSPS) is 12.1. The molecule has 6 heteroatoms. The minimum absolute atomic E-state index is 0.462. The van der Waals surface area contributed by atoms with E-state index in [9.17, 15) is 0 Å². The van der Waals surface area contributed by atoms with Gasteiger partial charge in [-0.25, -0.2) is 4.99 Å². The van der Waals surface area contributed by atoms with Crippen molar-refractivity contribution in [3.8, 4) is 0 Å². The summed E-state index contributed by atoms with van der Waals surface area (Å²) in [4.78, 5) is 7.97. The van der Waals surface area contributed by atoms with Gasteiger partial charge in [0.15, 0.2) is 11.7 Å². The van der Waals surface area contributed by atoms with E-state index < -0.39 is 0 Å². The van der Waals surface area contributed by atoms with Gasteiger partial charge in [-0.15, -0.1) is 0 Å². The van der Waals surface area contributed by atoms with E-state index in [2.05, 4.69) is 77.0 Å². The second-order valence-corrected chi connectivity index (χ2v) is 6.96. The van der Waals surface area contributed by atoms with Gasteiger partial charge in [0, 0.05) is 42.2 Å². The Morgan fingerprint density at radius 2 is 2.00 bits per heavy atom. The number of rotatable bonds is 9. The molecule has 0 aliphatic carbocycles. The Bertz CT molecular complexity index is 891. The van der Waals surface area contributed by atoms with Crippen LogP contribution in [-0.2, 0) is 13.0 Å². The average Bonchev–Trinajstić information content (AvgIpc) is 3.35. The summed E-state index contributed by atoms with van der Waals surface area (Å²) in [5, 5.41) is 12.2. The van der Waals surface area contributed by atoms with Crippen LogP contribution >= 0.6 is 0 Å². The lowest BCUT2D eigenvalue weighted by atomic mass is 9.99. The number of nitrogens with zero attached hydrogens (tertiary/aromatic N) is 2. The van der Waals surface area contributed by atoms with Crippen molar-refractivity contribution in [1.29, 1.82) is 0 Å². The summed E-state index contributed by atoms with van der Waals surface area (Å²) < 4.78 is 5.47. The van der Waals surface area contributed by atoms with Crippen molar-refractivity contribution < 1.29 is 4.52 Å². The van der Waals surface area contributed by atoms with Gasteiger partial charge in [-0.1, -0.05) is 37.2 Å². The maximum absolute atomic E-state index is 5.47. The number of aromatic nitrogens is 2. The van der Waals surface area contributed by atoms with E-state index in [4.69, 9.17) is 4.52 Å². The molecule has 0 radical (unpaired) electrons. The van der Waals surface area contributed by atoms with E-state index in [0.29, 0.717) is 12.5 Å². The summed E-state index contributed by atoms with van der Waals surface area (Å²) >= 11 is 0. The van der Waals surface area contributed by atoms with E-state index >= 15 is 0 Å². The molecule has 0 fully saturated rings. The Labute approximate surface area is 166 Å². The summed E-state index contributed by atoms with van der Waals surface area (Å²) in [5.41, 5.74) is 3.52. The first kappa shape index (κ1) is 20.0. The first-order valence-corrected chi connectivity index (χ1v) is 10.3. The highest BCUT2D eigenvalue weighted by molar-refractivity contribution is 5.83. The van der Waals surface area contributed by atoms with Gasteiger partial charge in [0.1, 0.15) is 6.54 Å². The zero-order chi connectivity index (χ0) is 19.8. The highest BCUT2D eigenvalue weighted by Crippen LogP contribution is 2.22. The number of nitrogens with one attached hydrogen (secondary N) is 3. The second-order valence-electron chi connectivity index (χ2n) is 6.96. The molecular weight excluding hydrogens is 350 g/mol. The van der Waals surface area contributed by atoms with Crippen LogP contribution in [0.1, 0.15) is 56.5 Å². The Hall–Kier alpha value is -2.76. The zero-order valence-corrected chi connectivity index (χ0v) is 17.1. The molecule has 0 aliphatic rings. The van der Waals surface area contributed by atoms with E-state index in [1.165, 1.54) is 16.5 Å². The molecule has 2 heterocycles. The molecule has 0 saturated carbocycles. The second kappa shape index (κ2) is 9.97. The van der Waals surface area contributed by atoms with Crippen molar-refractivity contribution in [1.82, 2.24) is 20.8 Å². The number of benzene rings is 1. The predicted octanol–water partition coefficient (Wildman–Crippen LogP) is 4.36. The van der Waals surface area contributed by atoms with Crippen LogP contribution in [0, 0.1) is 0 Å². The van der Waals surface area contributed by atoms with Crippen LogP contribution in [0.5, 0.6) is 0 Å². The molecule has 0 atom stereocenters. The number of aromatic amines is 1. The van der Waals surface area contributed by atoms with Crippen LogP contribution in [-0.4, -0.2) is 29.2 Å². The Balaban J connectivity index is 1.57. The quantitative estimate of drug-likeness (QED) is 0.380. The molecule has 6 nitrogen and oxygen atoms in total. The molecule has 2 aromatic heterocycles. The molecule has 0 bridgehead atoms. The van der Waals surface area contributed by atoms with Crippen LogP contribution in [0.4, 0.5) is 0 Å². The van der Waals surface area contributed by atoms with Gasteiger partial charge in [-0.3, -0.25) is 0 Å². The zero-order valence-electron chi connectivity index (χ0n) is 17.1. The number of hydrogen-bond donors (Lipinski definition) is 3. The molecule has 1 aromatic carbocycles. The van der Waals surface area contributed by atoms with Gasteiger partial charge < -0.3 is 20.1 Å². The Morgan fingerprint density at radius 1 is 1.18 bits per heavy atom. The Kier molecular flexibility index (Phi) is 7.12. The van der Waals surface area contributed by atoms with Crippen molar-refractivity contribution >= 4 is 16.9 Å². The molecule has 28 heavy (non-hydrogen) atoms. The lowest BCUT2D eigenvalue weighted by Crippen LogP contribution is -2.38. The van der Waals surface area contributed by atoms with E-state index in [0.717, 1.165) is 49.8 Å². The van der Waals surface area contributed by atoms with Crippen LogP contribution in [0.2, 0.25) is 0 Å². The highest BCUT2D eigenvalue weighted by Gasteiger charge is 2.12. The highest BCUT2D eigenvalue weighted by atomic mass is 16.5. The molecule has 3 N–H and O–H groups in total. The van der Waals surface area contributed by atoms with Crippen molar-refractivity contribution in [3.63, 3.8) is 0 Å². The maximum atomic E-state index is 5.47. The first-order chi connectivity index (χ1) is 13.7. The van der Waals surface area contributed by atoms with Crippen LogP contribution in [0.25, 0.3) is 10.9 Å². The van der Waals surface area contributed by atoms with Crippen LogP contribution in [0.3, 0.4) is 0 Å². The van der Waals surface area contributed by atoms with Gasteiger partial charge in [0.05, 0.1) is 5.69 Å². The number of para-hydroxylation sites is 1. The maximum Gasteiger partial charge on any atom is 0.191 e. The predicted molar refractivity (Wildman–Crippen MR) is 115 cm³/mol. The lowest BCUT2D eigenvalue weighted by Gasteiger charge is -2.10. The van der Waals surface area contributed by atoms with Gasteiger partial charge in [0.2, 0.25) is 0 Å². The number of H-pyrrole nitrogens is 1. The number of fused-ring (bicyclic) bond motifs is 1. The van der Waals surface area contributed by atoms with Crippen molar-refractivity contribution in [2.45, 2.75) is 52.5 Å². The third kappa shape index (κ3) is 4.94. The minimum Gasteiger partial charge on any atom is -0.361 e. The molecule has 0 amide bonds. The summed E-state index contributed by atoms with van der Waals surface area (Å²) in [6.07, 6.45) is 5.16. The molecule has 0 aliphatic heterocycles. The molecule has 0 unspecified atom stereocenters. The van der Waals surface area contributed by atoms with Gasteiger partial charge in [-0.2, -0.15) is 0 Å². The fraction of sp³-hybridized carbons (Fsp3) is 0.455. The fourth-order valence-electron chi connectivity index (χ4n) is 3.46.